The molecule has 0 aliphatic rings. The zero-order valence-electron chi connectivity index (χ0n) is 10.2. The van der Waals surface area contributed by atoms with E-state index in [-0.39, 0.29) is 16.5 Å². The molecule has 0 saturated heterocycles. The maximum absolute atomic E-state index is 11.6. The Hall–Kier alpha value is -1.56. The molecule has 1 heterocycles. The number of amides is 1. The first-order valence-corrected chi connectivity index (χ1v) is 5.86. The number of carbonyl (C=O) groups excluding carboxylic acids is 1. The highest BCUT2D eigenvalue weighted by atomic mass is 32.1. The lowest BCUT2D eigenvalue weighted by atomic mass is 10.3. The third-order valence-corrected chi connectivity index (χ3v) is 3.13. The van der Waals surface area contributed by atoms with Gasteiger partial charge in [0.2, 0.25) is 0 Å². The lowest BCUT2D eigenvalue weighted by Crippen LogP contribution is -2.35. The molecule has 5 nitrogen and oxygen atoms in total. The van der Waals surface area contributed by atoms with E-state index in [2.05, 4.69) is 0 Å². The summed E-state index contributed by atoms with van der Waals surface area (Å²) in [6.07, 6.45) is -0.697. The van der Waals surface area contributed by atoms with Crippen molar-refractivity contribution >= 4 is 23.2 Å². The number of hydrogen-bond acceptors (Lipinski definition) is 4. The van der Waals surface area contributed by atoms with Crippen LogP contribution in [0.5, 0.6) is 5.75 Å². The predicted octanol–water partition coefficient (Wildman–Crippen LogP) is 1.61. The van der Waals surface area contributed by atoms with Gasteiger partial charge >= 0.3 is 5.97 Å². The molecule has 1 aromatic heterocycles. The van der Waals surface area contributed by atoms with Crippen LogP contribution in [-0.2, 0) is 4.79 Å². The van der Waals surface area contributed by atoms with Gasteiger partial charge in [0.15, 0.2) is 11.0 Å². The molecule has 17 heavy (non-hydrogen) atoms. The van der Waals surface area contributed by atoms with Crippen LogP contribution >= 0.6 is 11.3 Å². The molecule has 0 aromatic carbocycles. The minimum Gasteiger partial charge on any atom is -0.479 e. The molecule has 6 heteroatoms. The minimum absolute atomic E-state index is 0.126. The topological polar surface area (TPSA) is 66.8 Å². The SMILES string of the molecule is Cc1cc(OC(C)C(=O)N(C)C)c(C(=O)O)s1. The number of ether oxygens (including phenoxy) is 1. The molecule has 0 aliphatic carbocycles. The summed E-state index contributed by atoms with van der Waals surface area (Å²) in [6, 6.07) is 1.63. The van der Waals surface area contributed by atoms with Crippen molar-refractivity contribution in [3.05, 3.63) is 15.8 Å². The van der Waals surface area contributed by atoms with E-state index < -0.39 is 12.1 Å². The van der Waals surface area contributed by atoms with E-state index in [0.717, 1.165) is 16.2 Å². The van der Waals surface area contributed by atoms with Crippen LogP contribution in [0.3, 0.4) is 0 Å². The number of carboxylic acids is 1. The summed E-state index contributed by atoms with van der Waals surface area (Å²) >= 11 is 1.14. The maximum Gasteiger partial charge on any atom is 0.349 e. The van der Waals surface area contributed by atoms with Crippen molar-refractivity contribution < 1.29 is 19.4 Å². The van der Waals surface area contributed by atoms with E-state index in [1.54, 1.807) is 34.0 Å². The van der Waals surface area contributed by atoms with Gasteiger partial charge in [0.1, 0.15) is 5.75 Å². The summed E-state index contributed by atoms with van der Waals surface area (Å²) in [6.45, 7) is 3.39. The number of nitrogens with zero attached hydrogens (tertiary/aromatic N) is 1. The Kier molecular flexibility index (Phi) is 4.11. The van der Waals surface area contributed by atoms with Crippen LogP contribution in [0.4, 0.5) is 0 Å². The molecule has 0 fully saturated rings. The second-order valence-electron chi connectivity index (χ2n) is 3.85. The van der Waals surface area contributed by atoms with Crippen LogP contribution in [0.2, 0.25) is 0 Å². The normalized spacial score (nSPS) is 12.0. The van der Waals surface area contributed by atoms with Crippen molar-refractivity contribution in [3.63, 3.8) is 0 Å². The summed E-state index contributed by atoms with van der Waals surface area (Å²) in [7, 11) is 3.25. The Labute approximate surface area is 104 Å². The van der Waals surface area contributed by atoms with E-state index in [1.165, 1.54) is 4.90 Å². The molecule has 1 unspecified atom stereocenters. The Balaban J connectivity index is 2.88. The van der Waals surface area contributed by atoms with Crippen LogP contribution in [0.15, 0.2) is 6.07 Å². The predicted molar refractivity (Wildman–Crippen MR) is 64.8 cm³/mol. The van der Waals surface area contributed by atoms with E-state index in [0.29, 0.717) is 0 Å². The van der Waals surface area contributed by atoms with Gasteiger partial charge in [-0.3, -0.25) is 4.79 Å². The molecular formula is C11H15NO4S. The van der Waals surface area contributed by atoms with Gasteiger partial charge in [-0.25, -0.2) is 4.79 Å². The fourth-order valence-electron chi connectivity index (χ4n) is 1.33. The summed E-state index contributed by atoms with van der Waals surface area (Å²) in [4.78, 5) is 24.9. The third kappa shape index (κ3) is 3.20. The van der Waals surface area contributed by atoms with E-state index >= 15 is 0 Å². The Bertz CT molecular complexity index is 439. The highest BCUT2D eigenvalue weighted by Gasteiger charge is 2.21. The molecule has 1 aromatic rings. The Morgan fingerprint density at radius 2 is 2.06 bits per heavy atom. The number of thiophene rings is 1. The molecule has 0 saturated carbocycles. The lowest BCUT2D eigenvalue weighted by Gasteiger charge is -2.17. The zero-order valence-corrected chi connectivity index (χ0v) is 11.0. The average Bonchev–Trinajstić information content (AvgIpc) is 2.58. The van der Waals surface area contributed by atoms with Crippen LogP contribution < -0.4 is 4.74 Å². The molecule has 0 aliphatic heterocycles. The van der Waals surface area contributed by atoms with Gasteiger partial charge in [-0.05, 0) is 19.9 Å². The average molecular weight is 257 g/mol. The zero-order chi connectivity index (χ0) is 13.2. The van der Waals surface area contributed by atoms with Crippen LogP contribution in [0.25, 0.3) is 0 Å². The smallest absolute Gasteiger partial charge is 0.349 e. The molecule has 1 N–H and O–H groups in total. The van der Waals surface area contributed by atoms with Crippen LogP contribution in [0, 0.1) is 6.92 Å². The van der Waals surface area contributed by atoms with Gasteiger partial charge in [0.05, 0.1) is 0 Å². The van der Waals surface area contributed by atoms with Crippen molar-refractivity contribution in [2.75, 3.05) is 14.1 Å². The molecule has 1 rings (SSSR count). The number of aromatic carboxylic acids is 1. The number of carboxylic acid groups (broad SMARTS) is 1. The summed E-state index contributed by atoms with van der Waals surface area (Å²) < 4.78 is 5.39. The number of carbonyl (C=O) groups is 2. The number of likely N-dealkylation sites (N-methyl/N-ethyl adjacent to an activating group) is 1. The largest absolute Gasteiger partial charge is 0.479 e. The monoisotopic (exact) mass is 257 g/mol. The molecule has 0 radical (unpaired) electrons. The molecule has 1 atom stereocenters. The number of rotatable bonds is 4. The van der Waals surface area contributed by atoms with E-state index in [9.17, 15) is 9.59 Å². The van der Waals surface area contributed by atoms with Crippen molar-refractivity contribution in [2.45, 2.75) is 20.0 Å². The van der Waals surface area contributed by atoms with Crippen molar-refractivity contribution in [1.82, 2.24) is 4.90 Å². The van der Waals surface area contributed by atoms with E-state index in [4.69, 9.17) is 9.84 Å². The van der Waals surface area contributed by atoms with Crippen LogP contribution in [-0.4, -0.2) is 42.1 Å². The summed E-state index contributed by atoms with van der Waals surface area (Å²) in [5.41, 5.74) is 0. The highest BCUT2D eigenvalue weighted by Crippen LogP contribution is 2.29. The Morgan fingerprint density at radius 1 is 1.47 bits per heavy atom. The van der Waals surface area contributed by atoms with Gasteiger partial charge in [-0.2, -0.15) is 0 Å². The second-order valence-corrected chi connectivity index (χ2v) is 5.10. The first-order valence-electron chi connectivity index (χ1n) is 5.04. The fourth-order valence-corrected chi connectivity index (χ4v) is 2.11. The maximum atomic E-state index is 11.6. The van der Waals surface area contributed by atoms with Crippen molar-refractivity contribution in [1.29, 1.82) is 0 Å². The summed E-state index contributed by atoms with van der Waals surface area (Å²) in [5.74, 6) is -0.990. The quantitative estimate of drug-likeness (QED) is 0.890. The van der Waals surface area contributed by atoms with Gasteiger partial charge in [-0.15, -0.1) is 11.3 Å². The van der Waals surface area contributed by atoms with Crippen LogP contribution in [0.1, 0.15) is 21.5 Å². The second kappa shape index (κ2) is 5.18. The molecule has 0 spiro atoms. The first kappa shape index (κ1) is 13.5. The fraction of sp³-hybridized carbons (Fsp3) is 0.455. The van der Waals surface area contributed by atoms with Crippen molar-refractivity contribution in [3.8, 4) is 5.75 Å². The van der Waals surface area contributed by atoms with Gasteiger partial charge in [-0.1, -0.05) is 0 Å². The van der Waals surface area contributed by atoms with Gasteiger partial charge < -0.3 is 14.7 Å². The standard InChI is InChI=1S/C11H15NO4S/c1-6-5-8(9(17-6)11(14)15)16-7(2)10(13)12(3)4/h5,7H,1-4H3,(H,14,15). The molecule has 94 valence electrons. The minimum atomic E-state index is -1.04. The number of hydrogen-bond donors (Lipinski definition) is 1. The number of aryl methyl sites for hydroxylation is 1. The van der Waals surface area contributed by atoms with Gasteiger partial charge in [0.25, 0.3) is 5.91 Å². The Morgan fingerprint density at radius 3 is 2.53 bits per heavy atom. The van der Waals surface area contributed by atoms with Crippen molar-refractivity contribution in [2.24, 2.45) is 0 Å². The molecule has 0 bridgehead atoms. The first-order chi connectivity index (χ1) is 7.82. The van der Waals surface area contributed by atoms with Gasteiger partial charge in [0, 0.05) is 19.0 Å². The summed E-state index contributed by atoms with van der Waals surface area (Å²) in [5, 5.41) is 8.97. The highest BCUT2D eigenvalue weighted by molar-refractivity contribution is 7.14. The lowest BCUT2D eigenvalue weighted by molar-refractivity contribution is -0.135. The van der Waals surface area contributed by atoms with E-state index in [1.807, 2.05) is 0 Å². The molecule has 1 amide bonds. The molecular weight excluding hydrogens is 242 g/mol. The third-order valence-electron chi connectivity index (χ3n) is 2.11.